The number of nitrogens with two attached hydrogens (primary N) is 1. The van der Waals surface area contributed by atoms with Gasteiger partial charge in [0.2, 0.25) is 0 Å². The average molecular weight is 260 g/mol. The van der Waals surface area contributed by atoms with Gasteiger partial charge in [0.15, 0.2) is 0 Å². The highest BCUT2D eigenvalue weighted by molar-refractivity contribution is 7.80. The molecule has 94 valence electrons. The van der Waals surface area contributed by atoms with Gasteiger partial charge in [0.1, 0.15) is 11.3 Å². The molecule has 4 heteroatoms. The molecule has 0 aliphatic carbocycles. The lowest BCUT2D eigenvalue weighted by Gasteiger charge is -2.08. The van der Waals surface area contributed by atoms with E-state index in [-0.39, 0.29) is 0 Å². The summed E-state index contributed by atoms with van der Waals surface area (Å²) < 4.78 is 5.75. The highest BCUT2D eigenvalue weighted by Gasteiger charge is 2.02. The molecule has 1 aromatic carbocycles. The summed E-state index contributed by atoms with van der Waals surface area (Å²) in [7, 11) is 0. The average Bonchev–Trinajstić information content (AvgIpc) is 2.38. The van der Waals surface area contributed by atoms with E-state index in [0.717, 1.165) is 35.9 Å². The Bertz CT molecular complexity index is 537. The Morgan fingerprint density at radius 2 is 2.06 bits per heavy atom. The zero-order chi connectivity index (χ0) is 12.8. The number of rotatable bonds is 6. The number of hydrogen-bond donors (Lipinski definition) is 1. The lowest BCUT2D eigenvalue weighted by Crippen LogP contribution is -2.08. The van der Waals surface area contributed by atoms with Crippen molar-refractivity contribution in [3.8, 4) is 5.75 Å². The number of nitrogens with zero attached hydrogens (tertiary/aromatic N) is 1. The molecule has 0 saturated carbocycles. The molecule has 2 aromatic rings. The lowest BCUT2D eigenvalue weighted by molar-refractivity contribution is 0.311. The largest absolute Gasteiger partial charge is 0.491 e. The highest BCUT2D eigenvalue weighted by atomic mass is 32.1. The van der Waals surface area contributed by atoms with E-state index >= 15 is 0 Å². The molecule has 0 radical (unpaired) electrons. The maximum absolute atomic E-state index is 5.75. The molecule has 1 aromatic heterocycles. The summed E-state index contributed by atoms with van der Waals surface area (Å²) in [6.45, 7) is 0.665. The van der Waals surface area contributed by atoms with Crippen molar-refractivity contribution >= 4 is 28.1 Å². The van der Waals surface area contributed by atoms with Gasteiger partial charge >= 0.3 is 0 Å². The first-order valence-corrected chi connectivity index (χ1v) is 6.43. The molecule has 0 bridgehead atoms. The number of fused-ring (bicyclic) bond motifs is 1. The van der Waals surface area contributed by atoms with Gasteiger partial charge in [0.05, 0.1) is 11.6 Å². The second kappa shape index (κ2) is 6.31. The van der Waals surface area contributed by atoms with Crippen LogP contribution in [0.3, 0.4) is 0 Å². The van der Waals surface area contributed by atoms with Gasteiger partial charge in [0.25, 0.3) is 0 Å². The molecule has 0 amide bonds. The van der Waals surface area contributed by atoms with Crippen LogP contribution in [-0.2, 0) is 0 Å². The van der Waals surface area contributed by atoms with Gasteiger partial charge in [0, 0.05) is 11.6 Å². The number of thiocarbonyl (C=S) groups is 1. The summed E-state index contributed by atoms with van der Waals surface area (Å²) in [6, 6.07) is 9.91. The normalized spacial score (nSPS) is 10.4. The number of benzene rings is 1. The monoisotopic (exact) mass is 260 g/mol. The Morgan fingerprint density at radius 3 is 2.89 bits per heavy atom. The minimum Gasteiger partial charge on any atom is -0.491 e. The number of aromatic nitrogens is 1. The van der Waals surface area contributed by atoms with Crippen molar-refractivity contribution in [2.75, 3.05) is 6.61 Å². The van der Waals surface area contributed by atoms with Crippen LogP contribution >= 0.6 is 12.2 Å². The van der Waals surface area contributed by atoms with Crippen LogP contribution in [0.25, 0.3) is 10.9 Å². The van der Waals surface area contributed by atoms with Crippen LogP contribution in [0.2, 0.25) is 0 Å². The van der Waals surface area contributed by atoms with Crippen molar-refractivity contribution in [3.05, 3.63) is 36.5 Å². The Hall–Kier alpha value is -1.68. The fraction of sp³-hybridized carbons (Fsp3) is 0.286. The van der Waals surface area contributed by atoms with Crippen LogP contribution < -0.4 is 10.5 Å². The summed E-state index contributed by atoms with van der Waals surface area (Å²) >= 11 is 4.83. The Kier molecular flexibility index (Phi) is 4.47. The maximum Gasteiger partial charge on any atom is 0.145 e. The van der Waals surface area contributed by atoms with Crippen LogP contribution in [0.15, 0.2) is 36.5 Å². The molecule has 0 saturated heterocycles. The molecule has 0 aliphatic rings. The molecule has 2 N–H and O–H groups in total. The van der Waals surface area contributed by atoms with Crippen LogP contribution in [0.5, 0.6) is 5.75 Å². The topological polar surface area (TPSA) is 48.1 Å². The fourth-order valence-corrected chi connectivity index (χ4v) is 1.92. The van der Waals surface area contributed by atoms with Gasteiger partial charge in [-0.15, -0.1) is 0 Å². The summed E-state index contributed by atoms with van der Waals surface area (Å²) in [5.74, 6) is 0.837. The third kappa shape index (κ3) is 3.40. The van der Waals surface area contributed by atoms with E-state index in [4.69, 9.17) is 22.7 Å². The smallest absolute Gasteiger partial charge is 0.145 e. The minimum absolute atomic E-state index is 0.571. The molecule has 0 aliphatic heterocycles. The Labute approximate surface area is 112 Å². The van der Waals surface area contributed by atoms with E-state index in [9.17, 15) is 0 Å². The van der Waals surface area contributed by atoms with E-state index in [1.807, 2.05) is 30.3 Å². The maximum atomic E-state index is 5.75. The van der Waals surface area contributed by atoms with Gasteiger partial charge < -0.3 is 10.5 Å². The number of para-hydroxylation sites is 1. The van der Waals surface area contributed by atoms with Crippen molar-refractivity contribution in [1.29, 1.82) is 0 Å². The minimum atomic E-state index is 0.571. The summed E-state index contributed by atoms with van der Waals surface area (Å²) in [5.41, 5.74) is 6.35. The molecular formula is C14H16N2OS. The van der Waals surface area contributed by atoms with Crippen molar-refractivity contribution in [2.24, 2.45) is 5.73 Å². The second-order valence-corrected chi connectivity index (χ2v) is 4.63. The van der Waals surface area contributed by atoms with Crippen molar-refractivity contribution in [1.82, 2.24) is 4.98 Å². The zero-order valence-electron chi connectivity index (χ0n) is 10.1. The molecule has 1 heterocycles. The first-order chi connectivity index (χ1) is 8.77. The predicted molar refractivity (Wildman–Crippen MR) is 77.9 cm³/mol. The number of pyridine rings is 1. The van der Waals surface area contributed by atoms with Crippen LogP contribution in [-0.4, -0.2) is 16.6 Å². The quantitative estimate of drug-likeness (QED) is 0.640. The van der Waals surface area contributed by atoms with Crippen molar-refractivity contribution in [2.45, 2.75) is 19.3 Å². The SMILES string of the molecule is NC(=S)CCCCOc1cccc2cccnc12. The Morgan fingerprint density at radius 1 is 1.22 bits per heavy atom. The molecule has 0 spiro atoms. The van der Waals surface area contributed by atoms with E-state index in [1.165, 1.54) is 0 Å². The van der Waals surface area contributed by atoms with E-state index in [2.05, 4.69) is 4.98 Å². The van der Waals surface area contributed by atoms with Gasteiger partial charge in [-0.3, -0.25) is 4.98 Å². The van der Waals surface area contributed by atoms with Gasteiger partial charge in [-0.05, 0) is 31.4 Å². The van der Waals surface area contributed by atoms with Gasteiger partial charge in [-0.25, -0.2) is 0 Å². The molecule has 0 unspecified atom stereocenters. The van der Waals surface area contributed by atoms with Gasteiger partial charge in [-0.2, -0.15) is 0 Å². The predicted octanol–water partition coefficient (Wildman–Crippen LogP) is 3.07. The third-order valence-corrected chi connectivity index (χ3v) is 2.87. The molecule has 0 atom stereocenters. The molecule has 3 nitrogen and oxygen atoms in total. The van der Waals surface area contributed by atoms with E-state index < -0.39 is 0 Å². The summed E-state index contributed by atoms with van der Waals surface area (Å²) in [6.07, 6.45) is 4.47. The van der Waals surface area contributed by atoms with Crippen LogP contribution in [0.4, 0.5) is 0 Å². The van der Waals surface area contributed by atoms with Crippen LogP contribution in [0, 0.1) is 0 Å². The molecular weight excluding hydrogens is 244 g/mol. The summed E-state index contributed by atoms with van der Waals surface area (Å²) in [5, 5.41) is 1.10. The standard InChI is InChI=1S/C14H16N2OS/c15-13(18)8-1-2-10-17-12-7-3-5-11-6-4-9-16-14(11)12/h3-7,9H,1-2,8,10H2,(H2,15,18). The fourth-order valence-electron chi connectivity index (χ4n) is 1.78. The molecule has 2 rings (SSSR count). The Balaban J connectivity index is 1.93. The second-order valence-electron chi connectivity index (χ2n) is 4.10. The van der Waals surface area contributed by atoms with Crippen molar-refractivity contribution < 1.29 is 4.74 Å². The van der Waals surface area contributed by atoms with E-state index in [0.29, 0.717) is 11.6 Å². The first-order valence-electron chi connectivity index (χ1n) is 6.02. The van der Waals surface area contributed by atoms with E-state index in [1.54, 1.807) is 6.20 Å². The number of ether oxygens (including phenoxy) is 1. The third-order valence-electron chi connectivity index (χ3n) is 2.67. The molecule has 18 heavy (non-hydrogen) atoms. The first kappa shape index (κ1) is 12.8. The number of unbranched alkanes of at least 4 members (excludes halogenated alkanes) is 1. The van der Waals surface area contributed by atoms with Crippen molar-refractivity contribution in [3.63, 3.8) is 0 Å². The van der Waals surface area contributed by atoms with Gasteiger partial charge in [-0.1, -0.05) is 30.4 Å². The lowest BCUT2D eigenvalue weighted by atomic mass is 10.2. The molecule has 0 fully saturated rings. The zero-order valence-corrected chi connectivity index (χ0v) is 11.0. The summed E-state index contributed by atoms with van der Waals surface area (Å²) in [4.78, 5) is 4.91. The number of hydrogen-bond acceptors (Lipinski definition) is 3. The van der Waals surface area contributed by atoms with Crippen LogP contribution in [0.1, 0.15) is 19.3 Å². The highest BCUT2D eigenvalue weighted by Crippen LogP contribution is 2.23.